The molecule has 0 radical (unpaired) electrons. The van der Waals surface area contributed by atoms with E-state index in [-0.39, 0.29) is 30.1 Å². The van der Waals surface area contributed by atoms with Crippen LogP contribution in [0, 0.1) is 5.82 Å². The summed E-state index contributed by atoms with van der Waals surface area (Å²) in [6.07, 6.45) is 1.60. The number of halogens is 2. The lowest BCUT2D eigenvalue weighted by atomic mass is 9.89. The van der Waals surface area contributed by atoms with Crippen molar-refractivity contribution < 1.29 is 18.7 Å². The molecule has 0 spiro atoms. The topological polar surface area (TPSA) is 73.6 Å². The van der Waals surface area contributed by atoms with Crippen LogP contribution < -0.4 is 15.8 Å². The Bertz CT molecular complexity index is 550. The Labute approximate surface area is 134 Å². The van der Waals surface area contributed by atoms with Crippen molar-refractivity contribution in [2.75, 3.05) is 19.8 Å². The van der Waals surface area contributed by atoms with Gasteiger partial charge < -0.3 is 20.5 Å². The maximum absolute atomic E-state index is 13.7. The molecule has 122 valence electrons. The van der Waals surface area contributed by atoms with Gasteiger partial charge in [0.2, 0.25) is 5.91 Å². The van der Waals surface area contributed by atoms with Crippen LogP contribution in [0.3, 0.4) is 0 Å². The SMILES string of the molecule is Cl.NC1(C(=O)N[C@@H]2CCOc3c(F)cccc32)CCOCC1. The number of hydrogen-bond donors (Lipinski definition) is 2. The highest BCUT2D eigenvalue weighted by atomic mass is 35.5. The number of nitrogens with one attached hydrogen (secondary N) is 1. The fourth-order valence-corrected chi connectivity index (χ4v) is 2.80. The summed E-state index contributed by atoms with van der Waals surface area (Å²) in [6, 6.07) is 4.48. The zero-order chi connectivity index (χ0) is 14.9. The van der Waals surface area contributed by atoms with Crippen LogP contribution in [0.1, 0.15) is 30.9 Å². The van der Waals surface area contributed by atoms with Crippen molar-refractivity contribution in [3.8, 4) is 5.75 Å². The summed E-state index contributed by atoms with van der Waals surface area (Å²) in [5.41, 5.74) is 5.95. The third-order valence-corrected chi connectivity index (χ3v) is 4.17. The molecule has 1 atom stereocenters. The van der Waals surface area contributed by atoms with Crippen molar-refractivity contribution in [3.63, 3.8) is 0 Å². The summed E-state index contributed by atoms with van der Waals surface area (Å²) >= 11 is 0. The van der Waals surface area contributed by atoms with Crippen LogP contribution in [0.5, 0.6) is 5.75 Å². The average molecular weight is 331 g/mol. The van der Waals surface area contributed by atoms with Crippen LogP contribution in [-0.2, 0) is 9.53 Å². The van der Waals surface area contributed by atoms with E-state index >= 15 is 0 Å². The van der Waals surface area contributed by atoms with Gasteiger partial charge in [0, 0.05) is 25.2 Å². The summed E-state index contributed by atoms with van der Waals surface area (Å²) in [6.45, 7) is 1.35. The lowest BCUT2D eigenvalue weighted by molar-refractivity contribution is -0.130. The number of benzene rings is 1. The molecule has 1 fully saturated rings. The number of carbonyl (C=O) groups is 1. The van der Waals surface area contributed by atoms with Gasteiger partial charge in [-0.25, -0.2) is 4.39 Å². The average Bonchev–Trinajstić information content (AvgIpc) is 2.49. The second kappa shape index (κ2) is 6.81. The molecule has 3 N–H and O–H groups in total. The highest BCUT2D eigenvalue weighted by Crippen LogP contribution is 2.34. The summed E-state index contributed by atoms with van der Waals surface area (Å²) < 4.78 is 24.3. The summed E-state index contributed by atoms with van der Waals surface area (Å²) in [7, 11) is 0. The molecule has 5 nitrogen and oxygen atoms in total. The molecule has 0 aliphatic carbocycles. The molecule has 0 saturated carbocycles. The zero-order valence-corrected chi connectivity index (χ0v) is 13.0. The van der Waals surface area contributed by atoms with Crippen LogP contribution >= 0.6 is 12.4 Å². The van der Waals surface area contributed by atoms with E-state index < -0.39 is 11.4 Å². The number of para-hydroxylation sites is 1. The second-order valence-electron chi connectivity index (χ2n) is 5.59. The molecule has 2 aliphatic heterocycles. The highest BCUT2D eigenvalue weighted by Gasteiger charge is 2.38. The molecule has 0 unspecified atom stereocenters. The third kappa shape index (κ3) is 3.19. The second-order valence-corrected chi connectivity index (χ2v) is 5.59. The number of fused-ring (bicyclic) bond motifs is 1. The third-order valence-electron chi connectivity index (χ3n) is 4.17. The van der Waals surface area contributed by atoms with E-state index in [0.29, 0.717) is 44.6 Å². The van der Waals surface area contributed by atoms with E-state index in [0.717, 1.165) is 0 Å². The molecule has 0 bridgehead atoms. The van der Waals surface area contributed by atoms with Gasteiger partial charge in [0.15, 0.2) is 11.6 Å². The Morgan fingerprint density at radius 3 is 2.77 bits per heavy atom. The number of ether oxygens (including phenoxy) is 2. The van der Waals surface area contributed by atoms with E-state index in [1.165, 1.54) is 6.07 Å². The maximum atomic E-state index is 13.7. The first-order chi connectivity index (χ1) is 10.1. The van der Waals surface area contributed by atoms with Crippen LogP contribution in [0.25, 0.3) is 0 Å². The lowest BCUT2D eigenvalue weighted by Gasteiger charge is -2.35. The highest BCUT2D eigenvalue weighted by molar-refractivity contribution is 5.86. The molecule has 1 aromatic carbocycles. The Kier molecular flexibility index (Phi) is 5.26. The van der Waals surface area contributed by atoms with Gasteiger partial charge in [0.05, 0.1) is 18.2 Å². The van der Waals surface area contributed by atoms with Gasteiger partial charge >= 0.3 is 0 Å². The van der Waals surface area contributed by atoms with Gasteiger partial charge in [0.25, 0.3) is 0 Å². The van der Waals surface area contributed by atoms with Crippen molar-refractivity contribution in [2.24, 2.45) is 5.73 Å². The molecule has 1 amide bonds. The first-order valence-corrected chi connectivity index (χ1v) is 7.19. The number of amides is 1. The fraction of sp³-hybridized carbons (Fsp3) is 0.533. The molecular formula is C15H20ClFN2O3. The number of carbonyl (C=O) groups excluding carboxylic acids is 1. The van der Waals surface area contributed by atoms with E-state index in [1.54, 1.807) is 12.1 Å². The lowest BCUT2D eigenvalue weighted by Crippen LogP contribution is -2.57. The maximum Gasteiger partial charge on any atom is 0.240 e. The van der Waals surface area contributed by atoms with Crippen LogP contribution in [0.2, 0.25) is 0 Å². The molecule has 2 heterocycles. The van der Waals surface area contributed by atoms with Gasteiger partial charge in [0.1, 0.15) is 0 Å². The standard InChI is InChI=1S/C15H19FN2O3.ClH/c16-11-3-1-2-10-12(4-7-21-13(10)11)18-14(19)15(17)5-8-20-9-6-15;/h1-3,12H,4-9,17H2,(H,18,19);1H/t12-;/m1./s1. The minimum absolute atomic E-state index is 0. The predicted molar refractivity (Wildman–Crippen MR) is 81.6 cm³/mol. The Morgan fingerprint density at radius 1 is 1.32 bits per heavy atom. The minimum atomic E-state index is -0.899. The predicted octanol–water partition coefficient (Wildman–Crippen LogP) is 1.70. The molecule has 22 heavy (non-hydrogen) atoms. The minimum Gasteiger partial charge on any atom is -0.490 e. The van der Waals surface area contributed by atoms with Crippen molar-refractivity contribution in [1.82, 2.24) is 5.32 Å². The van der Waals surface area contributed by atoms with Crippen LogP contribution in [-0.4, -0.2) is 31.3 Å². The molecule has 1 saturated heterocycles. The van der Waals surface area contributed by atoms with E-state index in [9.17, 15) is 9.18 Å². The molecule has 7 heteroatoms. The smallest absolute Gasteiger partial charge is 0.240 e. The molecule has 1 aromatic rings. The summed E-state index contributed by atoms with van der Waals surface area (Å²) in [4.78, 5) is 12.5. The molecule has 0 aromatic heterocycles. The van der Waals surface area contributed by atoms with Gasteiger partial charge in [-0.05, 0) is 18.9 Å². The van der Waals surface area contributed by atoms with Crippen molar-refractivity contribution in [1.29, 1.82) is 0 Å². The van der Waals surface area contributed by atoms with Crippen molar-refractivity contribution in [2.45, 2.75) is 30.8 Å². The summed E-state index contributed by atoms with van der Waals surface area (Å²) in [5.74, 6) is -0.375. The van der Waals surface area contributed by atoms with Gasteiger partial charge in [-0.3, -0.25) is 4.79 Å². The quantitative estimate of drug-likeness (QED) is 0.865. The van der Waals surface area contributed by atoms with Crippen molar-refractivity contribution in [3.05, 3.63) is 29.6 Å². The van der Waals surface area contributed by atoms with Crippen molar-refractivity contribution >= 4 is 18.3 Å². The number of hydrogen-bond acceptors (Lipinski definition) is 4. The fourth-order valence-electron chi connectivity index (χ4n) is 2.80. The van der Waals surface area contributed by atoms with Gasteiger partial charge in [-0.15, -0.1) is 12.4 Å². The molecule has 2 aliphatic rings. The Hall–Kier alpha value is -1.37. The first-order valence-electron chi connectivity index (χ1n) is 7.19. The Morgan fingerprint density at radius 2 is 2.05 bits per heavy atom. The normalized spacial score (nSPS) is 22.7. The molecule has 3 rings (SSSR count). The Balaban J connectivity index is 0.00000176. The van der Waals surface area contributed by atoms with Gasteiger partial charge in [-0.2, -0.15) is 0 Å². The zero-order valence-electron chi connectivity index (χ0n) is 12.1. The summed E-state index contributed by atoms with van der Waals surface area (Å²) in [5, 5.41) is 2.95. The van der Waals surface area contributed by atoms with Crippen LogP contribution in [0.15, 0.2) is 18.2 Å². The number of nitrogens with two attached hydrogens (primary N) is 1. The van der Waals surface area contributed by atoms with E-state index in [1.807, 2.05) is 0 Å². The monoisotopic (exact) mass is 330 g/mol. The first kappa shape index (κ1) is 17.0. The largest absolute Gasteiger partial charge is 0.490 e. The van der Waals surface area contributed by atoms with Crippen LogP contribution in [0.4, 0.5) is 4.39 Å². The van der Waals surface area contributed by atoms with E-state index in [4.69, 9.17) is 15.2 Å². The van der Waals surface area contributed by atoms with Gasteiger partial charge in [-0.1, -0.05) is 12.1 Å². The molecular weight excluding hydrogens is 311 g/mol. The van der Waals surface area contributed by atoms with E-state index in [2.05, 4.69) is 5.32 Å². The number of rotatable bonds is 2.